The van der Waals surface area contributed by atoms with Crippen molar-refractivity contribution < 1.29 is 0 Å². The zero-order valence-corrected chi connectivity index (χ0v) is 9.06. The lowest BCUT2D eigenvalue weighted by Gasteiger charge is -2.35. The first-order chi connectivity index (χ1) is 5.97. The van der Waals surface area contributed by atoms with E-state index in [1.165, 1.54) is 25.0 Å². The normalized spacial score (nSPS) is 38.1. The van der Waals surface area contributed by atoms with E-state index in [0.717, 1.165) is 17.9 Å². The molecular weight excluding hydrogens is 158 g/mol. The van der Waals surface area contributed by atoms with Gasteiger partial charge in [-0.05, 0) is 30.6 Å². The predicted octanol–water partition coefficient (Wildman–Crippen LogP) is 2.93. The van der Waals surface area contributed by atoms with Gasteiger partial charge in [-0.25, -0.2) is 0 Å². The Kier molecular flexibility index (Phi) is 1.94. The van der Waals surface area contributed by atoms with Crippen LogP contribution in [0.3, 0.4) is 0 Å². The van der Waals surface area contributed by atoms with Gasteiger partial charge in [-0.2, -0.15) is 0 Å². The minimum Gasteiger partial charge on any atom is -0.386 e. The summed E-state index contributed by atoms with van der Waals surface area (Å²) in [5.74, 6) is 1.66. The number of hydrogen-bond donors (Lipinski definition) is 1. The average molecular weight is 179 g/mol. The summed E-state index contributed by atoms with van der Waals surface area (Å²) in [6, 6.07) is 0.778. The predicted molar refractivity (Wildman–Crippen MR) is 56.3 cm³/mol. The van der Waals surface area contributed by atoms with Crippen LogP contribution in [0.2, 0.25) is 0 Å². The molecule has 1 saturated carbocycles. The van der Waals surface area contributed by atoms with E-state index in [9.17, 15) is 0 Å². The van der Waals surface area contributed by atoms with Crippen molar-refractivity contribution >= 4 is 0 Å². The highest BCUT2D eigenvalue weighted by molar-refractivity contribution is 5.16. The molecule has 2 aliphatic rings. The molecule has 1 N–H and O–H groups in total. The SMILES string of the molecule is C=C1NC2CCC2C1CC(C)(C)C. The summed E-state index contributed by atoms with van der Waals surface area (Å²) in [6.45, 7) is 11.1. The van der Waals surface area contributed by atoms with E-state index in [2.05, 4.69) is 32.7 Å². The van der Waals surface area contributed by atoms with E-state index in [4.69, 9.17) is 0 Å². The number of allylic oxidation sites excluding steroid dienone is 1. The Morgan fingerprint density at radius 3 is 2.46 bits per heavy atom. The molecule has 3 unspecified atom stereocenters. The van der Waals surface area contributed by atoms with Crippen molar-refractivity contribution in [3.8, 4) is 0 Å². The molecule has 0 aromatic carbocycles. The van der Waals surface area contributed by atoms with E-state index >= 15 is 0 Å². The molecule has 1 saturated heterocycles. The summed E-state index contributed by atoms with van der Waals surface area (Å²) in [6.07, 6.45) is 4.07. The lowest BCUT2D eigenvalue weighted by atomic mass is 9.70. The van der Waals surface area contributed by atoms with E-state index in [0.29, 0.717) is 5.41 Å². The third-order valence-corrected chi connectivity index (χ3v) is 3.50. The third kappa shape index (κ3) is 1.61. The van der Waals surface area contributed by atoms with Gasteiger partial charge in [-0.3, -0.25) is 0 Å². The summed E-state index contributed by atoms with van der Waals surface area (Å²) < 4.78 is 0. The van der Waals surface area contributed by atoms with Crippen LogP contribution in [-0.2, 0) is 0 Å². The van der Waals surface area contributed by atoms with Gasteiger partial charge in [0.05, 0.1) is 0 Å². The maximum Gasteiger partial charge on any atom is 0.0292 e. The van der Waals surface area contributed by atoms with Crippen molar-refractivity contribution in [2.24, 2.45) is 17.3 Å². The van der Waals surface area contributed by atoms with Gasteiger partial charge < -0.3 is 5.32 Å². The molecule has 1 aliphatic carbocycles. The summed E-state index contributed by atoms with van der Waals surface area (Å²) in [5, 5.41) is 3.53. The molecule has 1 aliphatic heterocycles. The minimum atomic E-state index is 0.444. The first-order valence-electron chi connectivity index (χ1n) is 5.43. The first kappa shape index (κ1) is 9.11. The van der Waals surface area contributed by atoms with Crippen molar-refractivity contribution in [1.29, 1.82) is 0 Å². The lowest BCUT2D eigenvalue weighted by Crippen LogP contribution is -2.36. The van der Waals surface area contributed by atoms with Crippen LogP contribution in [0.1, 0.15) is 40.0 Å². The van der Waals surface area contributed by atoms with Gasteiger partial charge in [0.2, 0.25) is 0 Å². The quantitative estimate of drug-likeness (QED) is 0.652. The fraction of sp³-hybridized carbons (Fsp3) is 0.833. The molecule has 13 heavy (non-hydrogen) atoms. The highest BCUT2D eigenvalue weighted by Gasteiger charge is 2.45. The molecule has 1 heteroatoms. The molecule has 0 bridgehead atoms. The second kappa shape index (κ2) is 2.76. The van der Waals surface area contributed by atoms with Crippen LogP contribution < -0.4 is 5.32 Å². The smallest absolute Gasteiger partial charge is 0.0292 e. The Morgan fingerprint density at radius 1 is 1.38 bits per heavy atom. The van der Waals surface area contributed by atoms with Gasteiger partial charge in [-0.1, -0.05) is 27.4 Å². The maximum atomic E-state index is 4.15. The van der Waals surface area contributed by atoms with E-state index in [1.807, 2.05) is 0 Å². The topological polar surface area (TPSA) is 12.0 Å². The number of rotatable bonds is 1. The monoisotopic (exact) mass is 179 g/mol. The molecule has 1 nitrogen and oxygen atoms in total. The molecule has 74 valence electrons. The number of fused-ring (bicyclic) bond motifs is 1. The first-order valence-corrected chi connectivity index (χ1v) is 5.43. The third-order valence-electron chi connectivity index (χ3n) is 3.50. The Morgan fingerprint density at radius 2 is 2.08 bits per heavy atom. The Balaban J connectivity index is 2.02. The highest BCUT2D eigenvalue weighted by atomic mass is 15.0. The molecule has 0 amide bonds. The summed E-state index contributed by atoms with van der Waals surface area (Å²) in [7, 11) is 0. The second-order valence-electron chi connectivity index (χ2n) is 5.89. The zero-order valence-electron chi connectivity index (χ0n) is 9.06. The fourth-order valence-electron chi connectivity index (χ4n) is 2.72. The van der Waals surface area contributed by atoms with Crippen LogP contribution in [0, 0.1) is 17.3 Å². The van der Waals surface area contributed by atoms with E-state index in [-0.39, 0.29) is 0 Å². The van der Waals surface area contributed by atoms with Gasteiger partial charge in [0.25, 0.3) is 0 Å². The Labute approximate surface area is 81.6 Å². The molecular formula is C12H21N. The molecule has 0 radical (unpaired) electrons. The summed E-state index contributed by atoms with van der Waals surface area (Å²) >= 11 is 0. The number of hydrogen-bond acceptors (Lipinski definition) is 1. The van der Waals surface area contributed by atoms with Crippen LogP contribution in [0.15, 0.2) is 12.3 Å². The van der Waals surface area contributed by atoms with Gasteiger partial charge in [-0.15, -0.1) is 0 Å². The van der Waals surface area contributed by atoms with Crippen LogP contribution in [0.5, 0.6) is 0 Å². The van der Waals surface area contributed by atoms with E-state index < -0.39 is 0 Å². The Bertz CT molecular complexity index is 224. The number of nitrogens with one attached hydrogen (secondary N) is 1. The van der Waals surface area contributed by atoms with E-state index in [1.54, 1.807) is 0 Å². The van der Waals surface area contributed by atoms with Crippen LogP contribution >= 0.6 is 0 Å². The van der Waals surface area contributed by atoms with Gasteiger partial charge in [0, 0.05) is 17.7 Å². The van der Waals surface area contributed by atoms with Crippen molar-refractivity contribution in [1.82, 2.24) is 5.32 Å². The van der Waals surface area contributed by atoms with Crippen molar-refractivity contribution in [3.05, 3.63) is 12.3 Å². The fourth-order valence-corrected chi connectivity index (χ4v) is 2.72. The van der Waals surface area contributed by atoms with Crippen LogP contribution in [0.4, 0.5) is 0 Å². The van der Waals surface area contributed by atoms with Gasteiger partial charge in [0.15, 0.2) is 0 Å². The molecule has 2 rings (SSSR count). The molecule has 0 aromatic heterocycles. The van der Waals surface area contributed by atoms with Crippen LogP contribution in [0.25, 0.3) is 0 Å². The van der Waals surface area contributed by atoms with Crippen molar-refractivity contribution in [2.45, 2.75) is 46.1 Å². The molecule has 0 aromatic rings. The molecule has 0 spiro atoms. The average Bonchev–Trinajstić information content (AvgIpc) is 2.09. The van der Waals surface area contributed by atoms with Crippen LogP contribution in [-0.4, -0.2) is 6.04 Å². The Hall–Kier alpha value is -0.460. The minimum absolute atomic E-state index is 0.444. The maximum absolute atomic E-state index is 4.15. The second-order valence-corrected chi connectivity index (χ2v) is 5.89. The summed E-state index contributed by atoms with van der Waals surface area (Å²) in [4.78, 5) is 0. The molecule has 2 fully saturated rings. The van der Waals surface area contributed by atoms with Crippen molar-refractivity contribution in [2.75, 3.05) is 0 Å². The summed E-state index contributed by atoms with van der Waals surface area (Å²) in [5.41, 5.74) is 1.75. The largest absolute Gasteiger partial charge is 0.386 e. The standard InChI is InChI=1S/C12H21N/c1-8-10(7-12(2,3)4)9-5-6-11(9)13-8/h9-11,13H,1,5-7H2,2-4H3. The van der Waals surface area contributed by atoms with Gasteiger partial charge in [0.1, 0.15) is 0 Å². The zero-order chi connectivity index (χ0) is 9.64. The lowest BCUT2D eigenvalue weighted by molar-refractivity contribution is 0.185. The molecule has 1 heterocycles. The molecule has 3 atom stereocenters. The highest BCUT2D eigenvalue weighted by Crippen LogP contribution is 2.47. The van der Waals surface area contributed by atoms with Gasteiger partial charge >= 0.3 is 0 Å². The van der Waals surface area contributed by atoms with Crippen molar-refractivity contribution in [3.63, 3.8) is 0 Å².